The minimum atomic E-state index is -4.52. The standard InChI is InChI=1S/C34H44BrF3N4O5/c1-21(45-8)29-26(16-24(18-39-29)40-11-13-41(14-12-40)31(44)47-32(3,4)5)30-27(17-33(6,7)20-46-22(2)43)25-15-23(35)9-10-28(25)42(30)19-34(36,37)38/h9-10,15-16,18,21H,11-14,17,19-20H2,1-8H3/t21-/m0/s1. The topological polar surface area (TPSA) is 86.1 Å². The van der Waals surface area contributed by atoms with Crippen LogP contribution in [0.2, 0.25) is 0 Å². The van der Waals surface area contributed by atoms with E-state index in [4.69, 9.17) is 19.2 Å². The molecule has 1 aliphatic rings. The number of ether oxygens (including phenoxy) is 3. The second kappa shape index (κ2) is 14.0. The van der Waals surface area contributed by atoms with Crippen molar-refractivity contribution in [2.75, 3.05) is 44.8 Å². The van der Waals surface area contributed by atoms with E-state index in [0.717, 1.165) is 4.47 Å². The lowest BCUT2D eigenvalue weighted by molar-refractivity contribution is -0.144. The van der Waals surface area contributed by atoms with Crippen LogP contribution in [0.5, 0.6) is 0 Å². The molecule has 0 unspecified atom stereocenters. The number of amides is 1. The minimum Gasteiger partial charge on any atom is -0.465 e. The van der Waals surface area contributed by atoms with Gasteiger partial charge in [0.2, 0.25) is 0 Å². The fourth-order valence-electron chi connectivity index (χ4n) is 5.79. The van der Waals surface area contributed by atoms with Gasteiger partial charge in [-0.3, -0.25) is 9.78 Å². The summed E-state index contributed by atoms with van der Waals surface area (Å²) in [5, 5.41) is 0.655. The molecule has 2 aromatic heterocycles. The number of carbonyl (C=O) groups excluding carboxylic acids is 2. The van der Waals surface area contributed by atoms with Crippen molar-refractivity contribution >= 4 is 44.6 Å². The summed E-state index contributed by atoms with van der Waals surface area (Å²) in [5.74, 6) is -0.430. The Bertz CT molecular complexity index is 1610. The van der Waals surface area contributed by atoms with E-state index < -0.39 is 35.8 Å². The van der Waals surface area contributed by atoms with Crippen LogP contribution < -0.4 is 4.90 Å². The number of fused-ring (bicyclic) bond motifs is 1. The summed E-state index contributed by atoms with van der Waals surface area (Å²) in [5.41, 5.74) is 1.98. The predicted molar refractivity (Wildman–Crippen MR) is 178 cm³/mol. The summed E-state index contributed by atoms with van der Waals surface area (Å²) in [6, 6.07) is 7.11. The molecule has 0 spiro atoms. The van der Waals surface area contributed by atoms with Gasteiger partial charge in [0.05, 0.1) is 36.0 Å². The lowest BCUT2D eigenvalue weighted by Crippen LogP contribution is -2.50. The first kappa shape index (κ1) is 36.5. The Morgan fingerprint density at radius 1 is 1.04 bits per heavy atom. The van der Waals surface area contributed by atoms with E-state index in [2.05, 4.69) is 20.8 Å². The van der Waals surface area contributed by atoms with E-state index in [-0.39, 0.29) is 12.7 Å². The molecular formula is C34H44BrF3N4O5. The van der Waals surface area contributed by atoms with Crippen LogP contribution in [-0.2, 0) is 32.0 Å². The third-order valence-corrected chi connectivity index (χ3v) is 8.48. The van der Waals surface area contributed by atoms with Crippen LogP contribution in [0, 0.1) is 5.41 Å². The van der Waals surface area contributed by atoms with Crippen molar-refractivity contribution in [1.82, 2.24) is 14.5 Å². The molecule has 4 rings (SSSR count). The van der Waals surface area contributed by atoms with Crippen molar-refractivity contribution in [2.24, 2.45) is 5.41 Å². The van der Waals surface area contributed by atoms with E-state index in [1.54, 1.807) is 23.2 Å². The number of aromatic nitrogens is 2. The molecule has 3 aromatic rings. The second-order valence-corrected chi connectivity index (χ2v) is 14.7. The third-order valence-electron chi connectivity index (χ3n) is 7.98. The molecule has 1 aromatic carbocycles. The molecule has 3 heterocycles. The van der Waals surface area contributed by atoms with Gasteiger partial charge in [0.1, 0.15) is 12.1 Å². The first-order valence-corrected chi connectivity index (χ1v) is 16.3. The molecule has 9 nitrogen and oxygen atoms in total. The Balaban J connectivity index is 1.89. The highest BCUT2D eigenvalue weighted by atomic mass is 79.9. The number of hydrogen-bond donors (Lipinski definition) is 0. The van der Waals surface area contributed by atoms with E-state index in [1.165, 1.54) is 18.6 Å². The highest BCUT2D eigenvalue weighted by Crippen LogP contribution is 2.43. The molecule has 258 valence electrons. The highest BCUT2D eigenvalue weighted by molar-refractivity contribution is 9.10. The van der Waals surface area contributed by atoms with E-state index in [9.17, 15) is 22.8 Å². The molecule has 1 amide bonds. The first-order valence-electron chi connectivity index (χ1n) is 15.6. The van der Waals surface area contributed by atoms with E-state index in [0.29, 0.717) is 71.7 Å². The monoisotopic (exact) mass is 724 g/mol. The number of rotatable bonds is 9. The Labute approximate surface area is 282 Å². The number of nitrogens with zero attached hydrogens (tertiary/aromatic N) is 4. The maximum Gasteiger partial charge on any atom is 0.410 e. The molecule has 1 saturated heterocycles. The number of methoxy groups -OCH3 is 1. The van der Waals surface area contributed by atoms with E-state index >= 15 is 0 Å². The molecule has 1 atom stereocenters. The van der Waals surface area contributed by atoms with Gasteiger partial charge in [0.15, 0.2) is 0 Å². The zero-order chi connectivity index (χ0) is 34.9. The summed E-state index contributed by atoms with van der Waals surface area (Å²) in [4.78, 5) is 32.9. The minimum absolute atomic E-state index is 0.0866. The Morgan fingerprint density at radius 2 is 1.70 bits per heavy atom. The normalized spacial score (nSPS) is 15.2. The van der Waals surface area contributed by atoms with Crippen molar-refractivity contribution in [3.05, 3.63) is 46.2 Å². The van der Waals surface area contributed by atoms with Gasteiger partial charge < -0.3 is 28.6 Å². The zero-order valence-electron chi connectivity index (χ0n) is 28.3. The number of pyridine rings is 1. The maximum absolute atomic E-state index is 14.3. The number of anilines is 1. The molecule has 0 radical (unpaired) electrons. The molecule has 0 bridgehead atoms. The number of carbonyl (C=O) groups is 2. The van der Waals surface area contributed by atoms with Crippen LogP contribution in [0.4, 0.5) is 23.7 Å². The quantitative estimate of drug-likeness (QED) is 0.207. The molecule has 0 saturated carbocycles. The number of alkyl halides is 3. The Hall–Kier alpha value is -3.32. The van der Waals surface area contributed by atoms with Crippen molar-refractivity contribution < 1.29 is 37.0 Å². The Kier molecular flexibility index (Phi) is 10.9. The summed E-state index contributed by atoms with van der Waals surface area (Å²) in [6.45, 7) is 13.1. The average Bonchev–Trinajstić information content (AvgIpc) is 3.24. The predicted octanol–water partition coefficient (Wildman–Crippen LogP) is 7.92. The van der Waals surface area contributed by atoms with Crippen molar-refractivity contribution in [3.8, 4) is 11.3 Å². The zero-order valence-corrected chi connectivity index (χ0v) is 29.8. The maximum atomic E-state index is 14.3. The van der Waals surface area contributed by atoms with Gasteiger partial charge in [-0.25, -0.2) is 4.79 Å². The molecule has 0 aliphatic carbocycles. The lowest BCUT2D eigenvalue weighted by atomic mass is 9.84. The number of hydrogen-bond acceptors (Lipinski definition) is 7. The summed E-state index contributed by atoms with van der Waals surface area (Å²) in [6.07, 6.45) is -3.42. The first-order chi connectivity index (χ1) is 21.8. The van der Waals surface area contributed by atoms with Gasteiger partial charge in [0.25, 0.3) is 0 Å². The van der Waals surface area contributed by atoms with Crippen LogP contribution in [0.1, 0.15) is 65.8 Å². The number of benzene rings is 1. The van der Waals surface area contributed by atoms with Gasteiger partial charge in [-0.15, -0.1) is 0 Å². The van der Waals surface area contributed by atoms with Gasteiger partial charge in [-0.1, -0.05) is 29.8 Å². The molecule has 13 heteroatoms. The SMILES string of the molecule is CO[C@@H](C)c1ncc(N2CCN(C(=O)OC(C)(C)C)CC2)cc1-c1c(CC(C)(C)COC(C)=O)c2cc(Br)ccc2n1CC(F)(F)F. The van der Waals surface area contributed by atoms with Crippen LogP contribution >= 0.6 is 15.9 Å². The van der Waals surface area contributed by atoms with E-state index in [1.807, 2.05) is 53.7 Å². The van der Waals surface area contributed by atoms with Crippen molar-refractivity contribution in [3.63, 3.8) is 0 Å². The lowest BCUT2D eigenvalue weighted by Gasteiger charge is -2.37. The molecular weight excluding hydrogens is 681 g/mol. The van der Waals surface area contributed by atoms with Crippen molar-refractivity contribution in [2.45, 2.75) is 79.3 Å². The smallest absolute Gasteiger partial charge is 0.410 e. The van der Waals surface area contributed by atoms with Gasteiger partial charge in [-0.2, -0.15) is 13.2 Å². The molecule has 0 N–H and O–H groups in total. The molecule has 47 heavy (non-hydrogen) atoms. The van der Waals surface area contributed by atoms with Gasteiger partial charge >= 0.3 is 18.2 Å². The Morgan fingerprint density at radius 3 is 2.28 bits per heavy atom. The highest BCUT2D eigenvalue weighted by Gasteiger charge is 2.35. The van der Waals surface area contributed by atoms with Gasteiger partial charge in [0, 0.05) is 66.6 Å². The number of piperazine rings is 1. The van der Waals surface area contributed by atoms with Crippen LogP contribution in [0.15, 0.2) is 34.9 Å². The van der Waals surface area contributed by atoms with Crippen LogP contribution in [0.3, 0.4) is 0 Å². The second-order valence-electron chi connectivity index (χ2n) is 13.8. The molecule has 1 fully saturated rings. The molecule has 1 aliphatic heterocycles. The van der Waals surface area contributed by atoms with Gasteiger partial charge in [-0.05, 0) is 63.9 Å². The van der Waals surface area contributed by atoms with Crippen LogP contribution in [-0.4, -0.2) is 78.2 Å². The van der Waals surface area contributed by atoms with Crippen LogP contribution in [0.25, 0.3) is 22.2 Å². The summed E-state index contributed by atoms with van der Waals surface area (Å²) in [7, 11) is 1.53. The summed E-state index contributed by atoms with van der Waals surface area (Å²) >= 11 is 3.51. The van der Waals surface area contributed by atoms with Crippen molar-refractivity contribution in [1.29, 1.82) is 0 Å². The average molecular weight is 726 g/mol. The number of esters is 1. The fourth-order valence-corrected chi connectivity index (χ4v) is 6.15. The number of halogens is 4. The summed E-state index contributed by atoms with van der Waals surface area (Å²) < 4.78 is 61.6. The third kappa shape index (κ3) is 9.19. The fraction of sp³-hybridized carbons (Fsp3) is 0.559. The largest absolute Gasteiger partial charge is 0.465 e.